The Labute approximate surface area is 112 Å². The minimum absolute atomic E-state index is 0.572. The summed E-state index contributed by atoms with van der Waals surface area (Å²) < 4.78 is 27.2. The highest BCUT2D eigenvalue weighted by Gasteiger charge is 2.30. The maximum absolute atomic E-state index is 11.1. The SMILES string of the molecule is CCCCCCCCC(OS(C)(=O)=O)C(C)(C)O. The normalized spacial score (nSPS) is 14.7. The molecule has 1 atom stereocenters. The summed E-state index contributed by atoms with van der Waals surface area (Å²) in [6, 6.07) is 0. The van der Waals surface area contributed by atoms with E-state index in [1.54, 1.807) is 13.8 Å². The Morgan fingerprint density at radius 3 is 2.06 bits per heavy atom. The van der Waals surface area contributed by atoms with E-state index in [1.807, 2.05) is 0 Å². The van der Waals surface area contributed by atoms with Crippen LogP contribution in [0.2, 0.25) is 0 Å². The predicted octanol–water partition coefficient (Wildman–Crippen LogP) is 2.85. The molecule has 0 spiro atoms. The van der Waals surface area contributed by atoms with E-state index >= 15 is 0 Å². The Hall–Kier alpha value is -0.130. The summed E-state index contributed by atoms with van der Waals surface area (Å²) >= 11 is 0. The molecule has 0 aliphatic heterocycles. The molecule has 0 aliphatic carbocycles. The van der Waals surface area contributed by atoms with Crippen LogP contribution in [0.1, 0.15) is 65.7 Å². The van der Waals surface area contributed by atoms with Crippen LogP contribution in [-0.2, 0) is 14.3 Å². The first kappa shape index (κ1) is 17.9. The zero-order chi connectivity index (χ0) is 14.2. The molecule has 0 fully saturated rings. The molecule has 0 aromatic carbocycles. The van der Waals surface area contributed by atoms with Gasteiger partial charge in [-0.1, -0.05) is 45.4 Å². The van der Waals surface area contributed by atoms with Crippen molar-refractivity contribution in [3.8, 4) is 0 Å². The predicted molar refractivity (Wildman–Crippen MR) is 74.0 cm³/mol. The summed E-state index contributed by atoms with van der Waals surface area (Å²) in [5.41, 5.74) is -1.13. The number of aliphatic hydroxyl groups is 1. The van der Waals surface area contributed by atoms with Gasteiger partial charge < -0.3 is 5.11 Å². The van der Waals surface area contributed by atoms with Crippen molar-refractivity contribution < 1.29 is 17.7 Å². The highest BCUT2D eigenvalue weighted by molar-refractivity contribution is 7.86. The zero-order valence-corrected chi connectivity index (χ0v) is 12.9. The van der Waals surface area contributed by atoms with Crippen LogP contribution < -0.4 is 0 Å². The van der Waals surface area contributed by atoms with Crippen molar-refractivity contribution in [1.82, 2.24) is 0 Å². The Morgan fingerprint density at radius 2 is 1.61 bits per heavy atom. The van der Waals surface area contributed by atoms with Crippen molar-refractivity contribution >= 4 is 10.1 Å². The fourth-order valence-corrected chi connectivity index (χ4v) is 2.59. The average molecular weight is 280 g/mol. The van der Waals surface area contributed by atoms with E-state index in [2.05, 4.69) is 6.92 Å². The number of rotatable bonds is 10. The van der Waals surface area contributed by atoms with Gasteiger partial charge in [0.15, 0.2) is 0 Å². The lowest BCUT2D eigenvalue weighted by Crippen LogP contribution is -2.39. The highest BCUT2D eigenvalue weighted by Crippen LogP contribution is 2.21. The van der Waals surface area contributed by atoms with Gasteiger partial charge in [-0.15, -0.1) is 0 Å². The monoisotopic (exact) mass is 280 g/mol. The minimum Gasteiger partial charge on any atom is -0.388 e. The quantitative estimate of drug-likeness (QED) is 0.493. The standard InChI is InChI=1S/C13H28O4S/c1-5-6-7-8-9-10-11-12(13(2,3)14)17-18(4,15)16/h12,14H,5-11H2,1-4H3. The van der Waals surface area contributed by atoms with Crippen molar-refractivity contribution in [1.29, 1.82) is 0 Å². The van der Waals surface area contributed by atoms with Gasteiger partial charge in [0.25, 0.3) is 10.1 Å². The minimum atomic E-state index is -3.52. The maximum atomic E-state index is 11.1. The van der Waals surface area contributed by atoms with Crippen molar-refractivity contribution in [3.05, 3.63) is 0 Å². The molecule has 4 nitrogen and oxygen atoms in total. The van der Waals surface area contributed by atoms with Gasteiger partial charge in [0.1, 0.15) is 6.10 Å². The van der Waals surface area contributed by atoms with Crippen LogP contribution >= 0.6 is 0 Å². The molecule has 0 aliphatic rings. The number of hydrogen-bond donors (Lipinski definition) is 1. The first-order valence-electron chi connectivity index (χ1n) is 6.77. The molecule has 0 aromatic heterocycles. The van der Waals surface area contributed by atoms with Crippen LogP contribution in [0.5, 0.6) is 0 Å². The first-order chi connectivity index (χ1) is 8.17. The van der Waals surface area contributed by atoms with Crippen molar-refractivity contribution in [2.24, 2.45) is 0 Å². The highest BCUT2D eigenvalue weighted by atomic mass is 32.2. The number of unbranched alkanes of at least 4 members (excludes halogenated alkanes) is 5. The van der Waals surface area contributed by atoms with Crippen molar-refractivity contribution in [2.75, 3.05) is 6.26 Å². The third-order valence-electron chi connectivity index (χ3n) is 2.90. The molecule has 0 heterocycles. The van der Waals surface area contributed by atoms with E-state index in [1.165, 1.54) is 19.3 Å². The van der Waals surface area contributed by atoms with Crippen LogP contribution in [0.4, 0.5) is 0 Å². The molecule has 0 saturated heterocycles. The van der Waals surface area contributed by atoms with Gasteiger partial charge in [-0.2, -0.15) is 8.42 Å². The second-order valence-electron chi connectivity index (χ2n) is 5.50. The lowest BCUT2D eigenvalue weighted by Gasteiger charge is -2.28. The molecule has 1 unspecified atom stereocenters. The summed E-state index contributed by atoms with van der Waals surface area (Å²) in [5, 5.41) is 9.89. The maximum Gasteiger partial charge on any atom is 0.264 e. The molecule has 0 bridgehead atoms. The molecule has 18 heavy (non-hydrogen) atoms. The van der Waals surface area contributed by atoms with Crippen LogP contribution in [0.25, 0.3) is 0 Å². The first-order valence-corrected chi connectivity index (χ1v) is 8.59. The Bertz CT molecular complexity index is 303. The van der Waals surface area contributed by atoms with Gasteiger partial charge in [0, 0.05) is 0 Å². The van der Waals surface area contributed by atoms with Gasteiger partial charge in [-0.25, -0.2) is 0 Å². The molecule has 0 rings (SSSR count). The van der Waals surface area contributed by atoms with E-state index in [9.17, 15) is 13.5 Å². The van der Waals surface area contributed by atoms with E-state index in [0.29, 0.717) is 6.42 Å². The summed E-state index contributed by atoms with van der Waals surface area (Å²) in [6.07, 6.45) is 7.71. The third kappa shape index (κ3) is 9.85. The molecule has 110 valence electrons. The van der Waals surface area contributed by atoms with Gasteiger partial charge in [0.05, 0.1) is 11.9 Å². The van der Waals surface area contributed by atoms with Crippen LogP contribution in [0.3, 0.4) is 0 Å². The van der Waals surface area contributed by atoms with Crippen LogP contribution in [-0.4, -0.2) is 31.5 Å². The average Bonchev–Trinajstić information content (AvgIpc) is 2.18. The van der Waals surface area contributed by atoms with Gasteiger partial charge >= 0.3 is 0 Å². The summed E-state index contributed by atoms with van der Waals surface area (Å²) in [7, 11) is -3.52. The van der Waals surface area contributed by atoms with Crippen molar-refractivity contribution in [3.63, 3.8) is 0 Å². The van der Waals surface area contributed by atoms with E-state index in [-0.39, 0.29) is 0 Å². The second-order valence-corrected chi connectivity index (χ2v) is 7.10. The Morgan fingerprint density at radius 1 is 1.11 bits per heavy atom. The summed E-state index contributed by atoms with van der Waals surface area (Å²) in [4.78, 5) is 0. The molecular formula is C13H28O4S. The van der Waals surface area contributed by atoms with Gasteiger partial charge in [0.2, 0.25) is 0 Å². The van der Waals surface area contributed by atoms with E-state index < -0.39 is 21.8 Å². The fourth-order valence-electron chi connectivity index (χ4n) is 1.84. The van der Waals surface area contributed by atoms with Gasteiger partial charge in [-0.3, -0.25) is 4.18 Å². The van der Waals surface area contributed by atoms with Crippen LogP contribution in [0, 0.1) is 0 Å². The smallest absolute Gasteiger partial charge is 0.264 e. The summed E-state index contributed by atoms with van der Waals surface area (Å²) in [6.45, 7) is 5.34. The largest absolute Gasteiger partial charge is 0.388 e. The molecule has 1 N–H and O–H groups in total. The lowest BCUT2D eigenvalue weighted by molar-refractivity contribution is -0.0350. The lowest BCUT2D eigenvalue weighted by atomic mass is 9.96. The van der Waals surface area contributed by atoms with Crippen molar-refractivity contribution in [2.45, 2.75) is 77.4 Å². The van der Waals surface area contributed by atoms with Crippen LogP contribution in [0.15, 0.2) is 0 Å². The zero-order valence-electron chi connectivity index (χ0n) is 12.1. The Kier molecular flexibility index (Phi) is 8.06. The van der Waals surface area contributed by atoms with E-state index in [4.69, 9.17) is 4.18 Å². The molecule has 0 amide bonds. The Balaban J connectivity index is 4.04. The summed E-state index contributed by atoms with van der Waals surface area (Å²) in [5.74, 6) is 0. The third-order valence-corrected chi connectivity index (χ3v) is 3.48. The molecule has 5 heteroatoms. The molecule has 0 aromatic rings. The number of hydrogen-bond acceptors (Lipinski definition) is 4. The topological polar surface area (TPSA) is 63.6 Å². The van der Waals surface area contributed by atoms with Gasteiger partial charge in [-0.05, 0) is 20.3 Å². The van der Waals surface area contributed by atoms with E-state index in [0.717, 1.165) is 25.5 Å². The molecule has 0 saturated carbocycles. The second kappa shape index (κ2) is 8.12. The fraction of sp³-hybridized carbons (Fsp3) is 1.00. The molecular weight excluding hydrogens is 252 g/mol. The molecule has 0 radical (unpaired) electrons.